The Hall–Kier alpha value is -0.810. The molecule has 1 saturated carbocycles. The van der Waals surface area contributed by atoms with Crippen molar-refractivity contribution in [2.75, 3.05) is 34.3 Å². The third-order valence-electron chi connectivity index (χ3n) is 4.83. The zero-order valence-electron chi connectivity index (χ0n) is 13.6. The van der Waals surface area contributed by atoms with E-state index in [1.807, 2.05) is 6.92 Å². The third-order valence-corrected chi connectivity index (χ3v) is 4.83. The molecule has 0 radical (unpaired) electrons. The van der Waals surface area contributed by atoms with Gasteiger partial charge in [-0.05, 0) is 39.8 Å². The van der Waals surface area contributed by atoms with Gasteiger partial charge in [-0.2, -0.15) is 0 Å². The van der Waals surface area contributed by atoms with E-state index < -0.39 is 0 Å². The summed E-state index contributed by atoms with van der Waals surface area (Å²) < 4.78 is 0. The first-order chi connectivity index (χ1) is 9.32. The van der Waals surface area contributed by atoms with Crippen LogP contribution in [0.4, 0.5) is 4.79 Å². The Kier molecular flexibility index (Phi) is 6.27. The molecule has 3 unspecified atom stereocenters. The molecule has 0 heterocycles. The SMILES string of the molecule is CC1CCCC(CNC(=O)N(C)C(C)CO)(N(C)C)C1. The maximum absolute atomic E-state index is 12.1. The van der Waals surface area contributed by atoms with E-state index >= 15 is 0 Å². The number of aliphatic hydroxyl groups excluding tert-OH is 1. The summed E-state index contributed by atoms with van der Waals surface area (Å²) >= 11 is 0. The fourth-order valence-corrected chi connectivity index (χ4v) is 3.04. The highest BCUT2D eigenvalue weighted by Crippen LogP contribution is 2.35. The topological polar surface area (TPSA) is 55.8 Å². The molecule has 0 spiro atoms. The number of carbonyl (C=O) groups is 1. The van der Waals surface area contributed by atoms with Gasteiger partial charge in [0.25, 0.3) is 0 Å². The van der Waals surface area contributed by atoms with Crippen molar-refractivity contribution in [1.82, 2.24) is 15.1 Å². The first kappa shape index (κ1) is 17.2. The molecule has 5 heteroatoms. The van der Waals surface area contributed by atoms with Crippen LogP contribution in [0.15, 0.2) is 0 Å². The van der Waals surface area contributed by atoms with Gasteiger partial charge in [0.1, 0.15) is 0 Å². The Labute approximate surface area is 123 Å². The van der Waals surface area contributed by atoms with Crippen molar-refractivity contribution in [3.8, 4) is 0 Å². The van der Waals surface area contributed by atoms with Crippen LogP contribution in [0, 0.1) is 5.92 Å². The van der Waals surface area contributed by atoms with E-state index in [2.05, 4.69) is 31.2 Å². The summed E-state index contributed by atoms with van der Waals surface area (Å²) in [7, 11) is 5.93. The van der Waals surface area contributed by atoms with Crippen molar-refractivity contribution in [3.05, 3.63) is 0 Å². The Morgan fingerprint density at radius 3 is 2.60 bits per heavy atom. The van der Waals surface area contributed by atoms with Gasteiger partial charge in [-0.3, -0.25) is 0 Å². The molecule has 118 valence electrons. The first-order valence-electron chi connectivity index (χ1n) is 7.61. The molecule has 0 aromatic carbocycles. The van der Waals surface area contributed by atoms with Gasteiger partial charge in [0.15, 0.2) is 0 Å². The fourth-order valence-electron chi connectivity index (χ4n) is 3.04. The molecule has 2 amide bonds. The number of carbonyl (C=O) groups excluding carboxylic acids is 1. The molecule has 1 fully saturated rings. The summed E-state index contributed by atoms with van der Waals surface area (Å²) in [6.45, 7) is 4.79. The van der Waals surface area contributed by atoms with Crippen LogP contribution >= 0.6 is 0 Å². The standard InChI is InChI=1S/C15H31N3O2/c1-12-7-6-8-15(9-12,17(3)4)11-16-14(20)18(5)13(2)10-19/h12-13,19H,6-11H2,1-5H3,(H,16,20). The average molecular weight is 285 g/mol. The number of hydrogen-bond donors (Lipinski definition) is 2. The summed E-state index contributed by atoms with van der Waals surface area (Å²) in [6, 6.07) is -0.262. The minimum absolute atomic E-state index is 0.0141. The van der Waals surface area contributed by atoms with Crippen LogP contribution in [0.1, 0.15) is 39.5 Å². The van der Waals surface area contributed by atoms with Crippen LogP contribution in [-0.2, 0) is 0 Å². The second kappa shape index (κ2) is 7.27. The third kappa shape index (κ3) is 4.09. The molecule has 0 saturated heterocycles. The van der Waals surface area contributed by atoms with Gasteiger partial charge in [-0.15, -0.1) is 0 Å². The lowest BCUT2D eigenvalue weighted by Gasteiger charge is -2.45. The van der Waals surface area contributed by atoms with Crippen LogP contribution in [0.2, 0.25) is 0 Å². The summed E-state index contributed by atoms with van der Waals surface area (Å²) in [4.78, 5) is 15.9. The van der Waals surface area contributed by atoms with E-state index in [9.17, 15) is 4.79 Å². The van der Waals surface area contributed by atoms with Gasteiger partial charge in [-0.25, -0.2) is 4.79 Å². The number of likely N-dealkylation sites (N-methyl/N-ethyl adjacent to an activating group) is 2. The van der Waals surface area contributed by atoms with Crippen LogP contribution in [-0.4, -0.2) is 66.8 Å². The number of nitrogens with zero attached hydrogens (tertiary/aromatic N) is 2. The van der Waals surface area contributed by atoms with E-state index in [1.54, 1.807) is 11.9 Å². The smallest absolute Gasteiger partial charge is 0.317 e. The summed E-state index contributed by atoms with van der Waals surface area (Å²) in [5, 5.41) is 12.2. The fraction of sp³-hybridized carbons (Fsp3) is 0.933. The Morgan fingerprint density at radius 1 is 1.45 bits per heavy atom. The summed E-state index contributed by atoms with van der Waals surface area (Å²) in [5.74, 6) is 0.706. The molecule has 1 aliphatic rings. The van der Waals surface area contributed by atoms with E-state index in [1.165, 1.54) is 12.8 Å². The average Bonchev–Trinajstić information content (AvgIpc) is 2.42. The van der Waals surface area contributed by atoms with E-state index in [-0.39, 0.29) is 24.2 Å². The molecule has 0 aromatic rings. The minimum atomic E-state index is -0.157. The number of urea groups is 1. The maximum atomic E-state index is 12.1. The molecule has 0 aromatic heterocycles. The lowest BCUT2D eigenvalue weighted by atomic mass is 9.75. The molecule has 3 atom stereocenters. The van der Waals surface area contributed by atoms with Gasteiger partial charge in [0, 0.05) is 19.1 Å². The molecule has 0 aliphatic heterocycles. The predicted molar refractivity (Wildman–Crippen MR) is 81.8 cm³/mol. The number of aliphatic hydroxyl groups is 1. The van der Waals surface area contributed by atoms with E-state index in [4.69, 9.17) is 5.11 Å². The first-order valence-corrected chi connectivity index (χ1v) is 7.61. The van der Waals surface area contributed by atoms with Crippen molar-refractivity contribution in [1.29, 1.82) is 0 Å². The minimum Gasteiger partial charge on any atom is -0.394 e. The van der Waals surface area contributed by atoms with E-state index in [0.29, 0.717) is 12.5 Å². The Balaban J connectivity index is 2.61. The molecular weight excluding hydrogens is 254 g/mol. The number of hydrogen-bond acceptors (Lipinski definition) is 3. The number of nitrogens with one attached hydrogen (secondary N) is 1. The second-order valence-electron chi connectivity index (χ2n) is 6.62. The summed E-state index contributed by atoms with van der Waals surface area (Å²) in [6.07, 6.45) is 4.76. The lowest BCUT2D eigenvalue weighted by Crippen LogP contribution is -2.57. The zero-order chi connectivity index (χ0) is 15.3. The van der Waals surface area contributed by atoms with Crippen molar-refractivity contribution in [3.63, 3.8) is 0 Å². The van der Waals surface area contributed by atoms with Crippen LogP contribution in [0.5, 0.6) is 0 Å². The molecule has 1 aliphatic carbocycles. The van der Waals surface area contributed by atoms with Crippen molar-refractivity contribution >= 4 is 6.03 Å². The van der Waals surface area contributed by atoms with Gasteiger partial charge >= 0.3 is 6.03 Å². The monoisotopic (exact) mass is 285 g/mol. The van der Waals surface area contributed by atoms with Gasteiger partial charge in [0.05, 0.1) is 12.6 Å². The number of rotatable bonds is 5. The molecular formula is C15H31N3O2. The summed E-state index contributed by atoms with van der Waals surface area (Å²) in [5.41, 5.74) is 0.0661. The number of amides is 2. The van der Waals surface area contributed by atoms with Crippen LogP contribution < -0.4 is 5.32 Å². The molecule has 0 bridgehead atoms. The van der Waals surface area contributed by atoms with Crippen molar-refractivity contribution in [2.24, 2.45) is 5.92 Å². The Morgan fingerprint density at radius 2 is 2.10 bits per heavy atom. The lowest BCUT2D eigenvalue weighted by molar-refractivity contribution is 0.0743. The van der Waals surface area contributed by atoms with Crippen LogP contribution in [0.3, 0.4) is 0 Å². The highest BCUT2D eigenvalue weighted by atomic mass is 16.3. The van der Waals surface area contributed by atoms with Crippen LogP contribution in [0.25, 0.3) is 0 Å². The molecule has 5 nitrogen and oxygen atoms in total. The zero-order valence-corrected chi connectivity index (χ0v) is 13.6. The van der Waals surface area contributed by atoms with Crippen molar-refractivity contribution < 1.29 is 9.90 Å². The largest absolute Gasteiger partial charge is 0.394 e. The maximum Gasteiger partial charge on any atom is 0.317 e. The molecule has 20 heavy (non-hydrogen) atoms. The highest BCUT2D eigenvalue weighted by molar-refractivity contribution is 5.74. The molecule has 1 rings (SSSR count). The van der Waals surface area contributed by atoms with E-state index in [0.717, 1.165) is 12.8 Å². The quantitative estimate of drug-likeness (QED) is 0.805. The Bertz CT molecular complexity index is 322. The van der Waals surface area contributed by atoms with Gasteiger partial charge < -0.3 is 20.2 Å². The van der Waals surface area contributed by atoms with Gasteiger partial charge in [-0.1, -0.05) is 19.8 Å². The normalized spacial score (nSPS) is 28.2. The van der Waals surface area contributed by atoms with Crippen molar-refractivity contribution in [2.45, 2.75) is 51.1 Å². The second-order valence-corrected chi connectivity index (χ2v) is 6.62. The predicted octanol–water partition coefficient (Wildman–Crippen LogP) is 1.52. The van der Waals surface area contributed by atoms with Gasteiger partial charge in [0.2, 0.25) is 0 Å². The molecule has 2 N–H and O–H groups in total. The highest BCUT2D eigenvalue weighted by Gasteiger charge is 2.37.